The third-order valence-corrected chi connectivity index (χ3v) is 4.67. The van der Waals surface area contributed by atoms with Gasteiger partial charge in [0.15, 0.2) is 0 Å². The van der Waals surface area contributed by atoms with Crippen molar-refractivity contribution in [3.63, 3.8) is 0 Å². The number of carbonyl (C=O) groups excluding carboxylic acids is 1. The molecule has 1 saturated carbocycles. The van der Waals surface area contributed by atoms with Crippen molar-refractivity contribution in [1.29, 1.82) is 0 Å². The molecule has 1 aliphatic carbocycles. The molecule has 2 aromatic rings. The van der Waals surface area contributed by atoms with Crippen LogP contribution in [0.25, 0.3) is 0 Å². The molecule has 1 N–H and O–H groups in total. The van der Waals surface area contributed by atoms with Crippen LogP contribution in [0, 0.1) is 5.82 Å². The zero-order valence-corrected chi connectivity index (χ0v) is 13.6. The minimum absolute atomic E-state index is 0.0257. The van der Waals surface area contributed by atoms with E-state index in [2.05, 4.69) is 5.32 Å². The van der Waals surface area contributed by atoms with Gasteiger partial charge in [0.1, 0.15) is 18.2 Å². The lowest BCUT2D eigenvalue weighted by Crippen LogP contribution is -2.44. The van der Waals surface area contributed by atoms with Crippen LogP contribution in [0.5, 0.6) is 5.75 Å². The van der Waals surface area contributed by atoms with E-state index < -0.39 is 5.41 Å². The van der Waals surface area contributed by atoms with Crippen molar-refractivity contribution >= 4 is 5.91 Å². The van der Waals surface area contributed by atoms with Gasteiger partial charge < -0.3 is 10.1 Å². The van der Waals surface area contributed by atoms with E-state index in [9.17, 15) is 9.18 Å². The quantitative estimate of drug-likeness (QED) is 0.819. The van der Waals surface area contributed by atoms with Crippen LogP contribution in [-0.4, -0.2) is 19.1 Å². The molecule has 0 saturated heterocycles. The second-order valence-electron chi connectivity index (χ2n) is 6.22. The Balaban J connectivity index is 1.61. The first-order valence-corrected chi connectivity index (χ1v) is 8.43. The van der Waals surface area contributed by atoms with Gasteiger partial charge in [0.2, 0.25) is 5.91 Å². The maximum Gasteiger partial charge on any atom is 0.230 e. The lowest BCUT2D eigenvalue weighted by molar-refractivity contribution is -0.126. The van der Waals surface area contributed by atoms with Crippen LogP contribution in [0.4, 0.5) is 4.39 Å². The minimum atomic E-state index is -0.602. The van der Waals surface area contributed by atoms with E-state index in [4.69, 9.17) is 4.74 Å². The molecule has 2 aromatic carbocycles. The summed E-state index contributed by atoms with van der Waals surface area (Å²) in [5.74, 6) is 0.466. The summed E-state index contributed by atoms with van der Waals surface area (Å²) in [5.41, 5.74) is 0.177. The predicted molar refractivity (Wildman–Crippen MR) is 91.5 cm³/mol. The largest absolute Gasteiger partial charge is 0.492 e. The van der Waals surface area contributed by atoms with Gasteiger partial charge in [-0.2, -0.15) is 0 Å². The van der Waals surface area contributed by atoms with Crippen molar-refractivity contribution in [3.8, 4) is 5.75 Å². The second-order valence-corrected chi connectivity index (χ2v) is 6.22. The number of rotatable bonds is 6. The van der Waals surface area contributed by atoms with Gasteiger partial charge in [0.05, 0.1) is 12.0 Å². The summed E-state index contributed by atoms with van der Waals surface area (Å²) in [4.78, 5) is 12.8. The van der Waals surface area contributed by atoms with Crippen LogP contribution < -0.4 is 10.1 Å². The molecule has 0 bridgehead atoms. The van der Waals surface area contributed by atoms with Gasteiger partial charge in [-0.15, -0.1) is 0 Å². The minimum Gasteiger partial charge on any atom is -0.492 e. The standard InChI is InChI=1S/C20H22FNO2/c21-17-8-6-7-16(15-17)20(11-4-5-12-20)19(23)22-13-14-24-18-9-2-1-3-10-18/h1-3,6-10,15H,4-5,11-14H2,(H,22,23). The molecule has 126 valence electrons. The molecule has 1 amide bonds. The number of amides is 1. The Morgan fingerprint density at radius 1 is 1.08 bits per heavy atom. The first-order chi connectivity index (χ1) is 11.7. The Hall–Kier alpha value is -2.36. The number of hydrogen-bond donors (Lipinski definition) is 1. The zero-order valence-electron chi connectivity index (χ0n) is 13.6. The fourth-order valence-electron chi connectivity index (χ4n) is 3.43. The Morgan fingerprint density at radius 2 is 1.83 bits per heavy atom. The van der Waals surface area contributed by atoms with Crippen LogP contribution >= 0.6 is 0 Å². The molecule has 0 atom stereocenters. The van der Waals surface area contributed by atoms with Gasteiger partial charge in [-0.25, -0.2) is 4.39 Å². The van der Waals surface area contributed by atoms with Gasteiger partial charge in [0.25, 0.3) is 0 Å². The van der Waals surface area contributed by atoms with E-state index in [-0.39, 0.29) is 11.7 Å². The van der Waals surface area contributed by atoms with Crippen LogP contribution in [0.15, 0.2) is 54.6 Å². The number of benzene rings is 2. The number of halogens is 1. The molecular formula is C20H22FNO2. The molecule has 3 nitrogen and oxygen atoms in total. The number of nitrogens with one attached hydrogen (secondary N) is 1. The van der Waals surface area contributed by atoms with Crippen molar-refractivity contribution in [3.05, 3.63) is 66.0 Å². The SMILES string of the molecule is O=C(NCCOc1ccccc1)C1(c2cccc(F)c2)CCCC1. The topological polar surface area (TPSA) is 38.3 Å². The molecular weight excluding hydrogens is 305 g/mol. The summed E-state index contributed by atoms with van der Waals surface area (Å²) in [6, 6.07) is 15.9. The van der Waals surface area contributed by atoms with E-state index in [1.807, 2.05) is 36.4 Å². The molecule has 0 aliphatic heterocycles. The Morgan fingerprint density at radius 3 is 2.54 bits per heavy atom. The Kier molecular flexibility index (Phi) is 5.14. The Bertz CT molecular complexity index is 681. The highest BCUT2D eigenvalue weighted by Gasteiger charge is 2.42. The second kappa shape index (κ2) is 7.47. The summed E-state index contributed by atoms with van der Waals surface area (Å²) in [7, 11) is 0. The molecule has 0 unspecified atom stereocenters. The summed E-state index contributed by atoms with van der Waals surface area (Å²) in [5, 5.41) is 2.97. The zero-order chi connectivity index (χ0) is 16.8. The number of ether oxygens (including phenoxy) is 1. The predicted octanol–water partition coefficient (Wildman–Crippen LogP) is 3.83. The van der Waals surface area contributed by atoms with Gasteiger partial charge >= 0.3 is 0 Å². The summed E-state index contributed by atoms with van der Waals surface area (Å²) in [6.45, 7) is 0.847. The number of hydrogen-bond acceptors (Lipinski definition) is 2. The summed E-state index contributed by atoms with van der Waals surface area (Å²) in [6.07, 6.45) is 3.51. The fourth-order valence-corrected chi connectivity index (χ4v) is 3.43. The van der Waals surface area contributed by atoms with Crippen molar-refractivity contribution in [2.45, 2.75) is 31.1 Å². The summed E-state index contributed by atoms with van der Waals surface area (Å²) < 4.78 is 19.2. The summed E-state index contributed by atoms with van der Waals surface area (Å²) >= 11 is 0. The average Bonchev–Trinajstić information content (AvgIpc) is 3.11. The highest BCUT2D eigenvalue weighted by Crippen LogP contribution is 2.41. The van der Waals surface area contributed by atoms with E-state index in [0.29, 0.717) is 13.2 Å². The van der Waals surface area contributed by atoms with Gasteiger partial charge in [-0.1, -0.05) is 43.2 Å². The molecule has 3 rings (SSSR count). The van der Waals surface area contributed by atoms with Crippen molar-refractivity contribution in [2.75, 3.05) is 13.2 Å². The van der Waals surface area contributed by atoms with Gasteiger partial charge in [0, 0.05) is 0 Å². The third-order valence-electron chi connectivity index (χ3n) is 4.67. The smallest absolute Gasteiger partial charge is 0.230 e. The molecule has 1 aliphatic rings. The molecule has 0 heterocycles. The highest BCUT2D eigenvalue weighted by atomic mass is 19.1. The highest BCUT2D eigenvalue weighted by molar-refractivity contribution is 5.88. The van der Waals surface area contributed by atoms with E-state index in [1.54, 1.807) is 6.07 Å². The normalized spacial score (nSPS) is 15.9. The van der Waals surface area contributed by atoms with Crippen LogP contribution in [0.2, 0.25) is 0 Å². The van der Waals surface area contributed by atoms with Crippen molar-refractivity contribution in [2.24, 2.45) is 0 Å². The first kappa shape index (κ1) is 16.5. The van der Waals surface area contributed by atoms with Gasteiger partial charge in [-0.3, -0.25) is 4.79 Å². The van der Waals surface area contributed by atoms with E-state index >= 15 is 0 Å². The van der Waals surface area contributed by atoms with E-state index in [0.717, 1.165) is 37.0 Å². The van der Waals surface area contributed by atoms with Gasteiger partial charge in [-0.05, 0) is 42.7 Å². The van der Waals surface area contributed by atoms with Crippen molar-refractivity contribution in [1.82, 2.24) is 5.32 Å². The maximum absolute atomic E-state index is 13.6. The van der Waals surface area contributed by atoms with Crippen LogP contribution in [0.3, 0.4) is 0 Å². The molecule has 0 aromatic heterocycles. The maximum atomic E-state index is 13.6. The van der Waals surface area contributed by atoms with Crippen molar-refractivity contribution < 1.29 is 13.9 Å². The Labute approximate surface area is 141 Å². The number of carbonyl (C=O) groups is 1. The monoisotopic (exact) mass is 327 g/mol. The lowest BCUT2D eigenvalue weighted by Gasteiger charge is -2.28. The third kappa shape index (κ3) is 3.58. The molecule has 24 heavy (non-hydrogen) atoms. The van der Waals surface area contributed by atoms with Crippen LogP contribution in [-0.2, 0) is 10.2 Å². The average molecular weight is 327 g/mol. The number of para-hydroxylation sites is 1. The van der Waals surface area contributed by atoms with E-state index in [1.165, 1.54) is 12.1 Å². The fraction of sp³-hybridized carbons (Fsp3) is 0.350. The first-order valence-electron chi connectivity index (χ1n) is 8.43. The van der Waals surface area contributed by atoms with Crippen LogP contribution in [0.1, 0.15) is 31.2 Å². The molecule has 4 heteroatoms. The molecule has 0 spiro atoms. The molecule has 0 radical (unpaired) electrons. The lowest BCUT2D eigenvalue weighted by atomic mass is 9.78. The molecule has 1 fully saturated rings.